The van der Waals surface area contributed by atoms with Crippen molar-refractivity contribution in [1.82, 2.24) is 16.0 Å². The molecule has 0 bridgehead atoms. The Morgan fingerprint density at radius 1 is 0.868 bits per heavy atom. The first-order valence-corrected chi connectivity index (χ1v) is 17.1. The van der Waals surface area contributed by atoms with E-state index in [0.717, 1.165) is 10.9 Å². The van der Waals surface area contributed by atoms with Crippen LogP contribution < -0.4 is 20.7 Å². The van der Waals surface area contributed by atoms with Gasteiger partial charge in [-0.3, -0.25) is 24.0 Å². The van der Waals surface area contributed by atoms with Crippen molar-refractivity contribution in [1.29, 1.82) is 0 Å². The number of ketones is 2. The zero-order valence-electron chi connectivity index (χ0n) is 29.1. The topological polar surface area (TPSA) is 131 Å². The Morgan fingerprint density at radius 2 is 1.51 bits per heavy atom. The van der Waals surface area contributed by atoms with Gasteiger partial charge in [-0.1, -0.05) is 80.0 Å². The molecule has 4 rings (SSSR count). The van der Waals surface area contributed by atoms with Crippen molar-refractivity contribution in [2.45, 2.75) is 69.1 Å². The van der Waals surface area contributed by atoms with Gasteiger partial charge in [0.1, 0.15) is 24.4 Å². The Bertz CT molecular complexity index is 1800. The molecule has 0 aromatic heterocycles. The third kappa shape index (κ3) is 10.4. The van der Waals surface area contributed by atoms with E-state index in [2.05, 4.69) is 10.6 Å². The number of carbonyl (C=O) groups excluding carboxylic acids is 5. The second kappa shape index (κ2) is 16.9. The largest absolute Gasteiger partial charge is 0.497 e. The zero-order valence-corrected chi connectivity index (χ0v) is 29.8. The normalized spacial score (nSPS) is 15.4. The first-order valence-electron chi connectivity index (χ1n) is 16.7. The highest BCUT2D eigenvalue weighted by Crippen LogP contribution is 2.48. The van der Waals surface area contributed by atoms with Crippen LogP contribution in [0.15, 0.2) is 78.9 Å². The highest BCUT2D eigenvalue weighted by atomic mass is 35.5. The Kier molecular flexibility index (Phi) is 13.0. The van der Waals surface area contributed by atoms with Crippen LogP contribution in [0, 0.1) is 11.8 Å². The number of hydrogen-bond donors (Lipinski definition) is 3. The Morgan fingerprint density at radius 3 is 2.06 bits per heavy atom. The molecule has 0 aliphatic heterocycles. The van der Waals surface area contributed by atoms with Crippen molar-refractivity contribution < 1.29 is 50.7 Å². The minimum Gasteiger partial charge on any atom is -0.497 e. The van der Waals surface area contributed by atoms with E-state index in [4.69, 9.17) is 16.3 Å². The molecule has 1 aliphatic rings. The van der Waals surface area contributed by atoms with E-state index < -0.39 is 83.7 Å². The lowest BCUT2D eigenvalue weighted by Gasteiger charge is -2.28. The van der Waals surface area contributed by atoms with Crippen LogP contribution in [0.25, 0.3) is 0 Å². The Balaban J connectivity index is 1.64. The highest BCUT2D eigenvalue weighted by Gasteiger charge is 2.53. The van der Waals surface area contributed by atoms with Crippen molar-refractivity contribution in [3.63, 3.8) is 0 Å². The molecule has 1 aliphatic carbocycles. The van der Waals surface area contributed by atoms with Gasteiger partial charge in [-0.05, 0) is 59.7 Å². The maximum atomic E-state index is 15.0. The molecule has 0 radical (unpaired) electrons. The average Bonchev–Trinajstić information content (AvgIpc) is 3.93. The summed E-state index contributed by atoms with van der Waals surface area (Å²) >= 11 is 6.20. The molecule has 0 saturated heterocycles. The van der Waals surface area contributed by atoms with E-state index in [1.54, 1.807) is 36.4 Å². The molecule has 0 spiro atoms. The second-order valence-corrected chi connectivity index (χ2v) is 13.7. The van der Waals surface area contributed by atoms with E-state index in [-0.39, 0.29) is 12.0 Å². The minimum atomic E-state index is -5.02. The van der Waals surface area contributed by atoms with Gasteiger partial charge < -0.3 is 20.7 Å². The zero-order chi connectivity index (χ0) is 39.1. The summed E-state index contributed by atoms with van der Waals surface area (Å²) in [4.78, 5) is 67.1. The van der Waals surface area contributed by atoms with Crippen molar-refractivity contribution in [2.75, 3.05) is 13.7 Å². The number of carbonyl (C=O) groups is 5. The molecule has 9 nitrogen and oxygen atoms in total. The second-order valence-electron chi connectivity index (χ2n) is 13.3. The molecule has 3 aromatic carbocycles. The van der Waals surface area contributed by atoms with E-state index in [0.29, 0.717) is 29.2 Å². The molecule has 3 N–H and O–H groups in total. The molecule has 284 valence electrons. The lowest BCUT2D eigenvalue weighted by Crippen LogP contribution is -2.53. The Hall–Kier alpha value is -4.85. The van der Waals surface area contributed by atoms with Crippen LogP contribution in [0.1, 0.15) is 55.8 Å². The number of methoxy groups -OCH3 is 1. The maximum Gasteiger partial charge on any atom is 0.405 e. The van der Waals surface area contributed by atoms with Gasteiger partial charge in [-0.15, -0.1) is 0 Å². The van der Waals surface area contributed by atoms with E-state index >= 15 is 0 Å². The fourth-order valence-corrected chi connectivity index (χ4v) is 6.14. The molecule has 53 heavy (non-hydrogen) atoms. The fraction of sp³-hybridized carbons (Fsp3) is 0.395. The van der Waals surface area contributed by atoms with Gasteiger partial charge in [0.05, 0.1) is 12.5 Å². The van der Waals surface area contributed by atoms with Gasteiger partial charge in [-0.2, -0.15) is 22.0 Å². The fourth-order valence-electron chi connectivity index (χ4n) is 5.93. The van der Waals surface area contributed by atoms with E-state index in [9.17, 15) is 45.9 Å². The van der Waals surface area contributed by atoms with Gasteiger partial charge in [-0.25, -0.2) is 0 Å². The molecule has 3 amide bonds. The van der Waals surface area contributed by atoms with Crippen LogP contribution in [0.3, 0.4) is 0 Å². The summed E-state index contributed by atoms with van der Waals surface area (Å²) < 4.78 is 73.0. The summed E-state index contributed by atoms with van der Waals surface area (Å²) in [6.45, 7) is 0.569. The standard InChI is InChI=1S/C38H39ClF5N3O6/c1-22(2)28(32(49)38(43,44)35(52)45-21-37(40,41)42)20-30(48)31(24-12-14-27(53-3)15-13-24)47-33(50)29(19-23-8-7-11-26(39)18-23)46-34(51)36(16-17-36)25-9-5-4-6-10-25/h4-15,18,22,28-29,31H,16-17,19-21H2,1-3H3,(H,45,52)(H,46,51)(H,47,50)/t28-,29-,31-/m0/s1. The lowest BCUT2D eigenvalue weighted by molar-refractivity contribution is -0.167. The first-order chi connectivity index (χ1) is 24.9. The number of hydrogen-bond acceptors (Lipinski definition) is 6. The third-order valence-electron chi connectivity index (χ3n) is 9.13. The molecular formula is C38H39ClF5N3O6. The minimum absolute atomic E-state index is 0.0567. The molecule has 1 fully saturated rings. The number of nitrogens with one attached hydrogen (secondary N) is 3. The SMILES string of the molecule is COc1ccc([C@H](NC(=O)[C@H](Cc2cccc(Cl)c2)NC(=O)C2(c3ccccc3)CC2)C(=O)C[C@H](C(=O)C(F)(F)C(=O)NCC(F)(F)F)C(C)C)cc1. The number of amides is 3. The van der Waals surface area contributed by atoms with Crippen LogP contribution in [0.2, 0.25) is 5.02 Å². The van der Waals surface area contributed by atoms with Gasteiger partial charge in [0.15, 0.2) is 5.78 Å². The number of Topliss-reactive ketones (excluding diaryl/α,β-unsaturated/α-hetero) is 2. The summed E-state index contributed by atoms with van der Waals surface area (Å²) in [5, 5.41) is 6.85. The van der Waals surface area contributed by atoms with E-state index in [1.807, 2.05) is 18.2 Å². The van der Waals surface area contributed by atoms with E-state index in [1.165, 1.54) is 45.2 Å². The summed E-state index contributed by atoms with van der Waals surface area (Å²) in [6, 6.07) is 18.6. The molecule has 15 heteroatoms. The van der Waals surface area contributed by atoms with Crippen LogP contribution >= 0.6 is 11.6 Å². The number of benzene rings is 3. The highest BCUT2D eigenvalue weighted by molar-refractivity contribution is 6.30. The summed E-state index contributed by atoms with van der Waals surface area (Å²) in [7, 11) is 1.40. The van der Waals surface area contributed by atoms with Crippen LogP contribution in [-0.2, 0) is 35.8 Å². The predicted octanol–water partition coefficient (Wildman–Crippen LogP) is 6.08. The van der Waals surface area contributed by atoms with Gasteiger partial charge >= 0.3 is 12.1 Å². The summed E-state index contributed by atoms with van der Waals surface area (Å²) in [6.07, 6.45) is -4.93. The monoisotopic (exact) mass is 763 g/mol. The number of alkyl halides is 5. The van der Waals surface area contributed by atoms with Crippen LogP contribution in [0.5, 0.6) is 5.75 Å². The number of halogens is 6. The number of rotatable bonds is 17. The lowest BCUT2D eigenvalue weighted by atomic mass is 9.82. The van der Waals surface area contributed by atoms with Crippen molar-refractivity contribution in [3.8, 4) is 5.75 Å². The first kappa shape index (κ1) is 40.9. The molecule has 1 saturated carbocycles. The quantitative estimate of drug-likeness (QED) is 0.113. The smallest absolute Gasteiger partial charge is 0.405 e. The van der Waals surface area contributed by atoms with Crippen LogP contribution in [0.4, 0.5) is 22.0 Å². The van der Waals surface area contributed by atoms with Gasteiger partial charge in [0.2, 0.25) is 17.6 Å². The summed E-state index contributed by atoms with van der Waals surface area (Å²) in [5.74, 6) is -14.0. The van der Waals surface area contributed by atoms with Crippen molar-refractivity contribution in [3.05, 3.63) is 101 Å². The Labute approximate surface area is 308 Å². The molecular weight excluding hydrogens is 725 g/mol. The molecule has 0 unspecified atom stereocenters. The molecule has 3 aromatic rings. The van der Waals surface area contributed by atoms with Gasteiger partial charge in [0.25, 0.3) is 5.91 Å². The maximum absolute atomic E-state index is 15.0. The summed E-state index contributed by atoms with van der Waals surface area (Å²) in [5.41, 5.74) is 0.636. The molecule has 3 atom stereocenters. The predicted molar refractivity (Wildman–Crippen MR) is 185 cm³/mol. The third-order valence-corrected chi connectivity index (χ3v) is 9.36. The van der Waals surface area contributed by atoms with Crippen molar-refractivity contribution in [2.24, 2.45) is 11.8 Å². The average molecular weight is 764 g/mol. The van der Waals surface area contributed by atoms with Gasteiger partial charge in [0, 0.05) is 23.8 Å². The van der Waals surface area contributed by atoms with Crippen LogP contribution in [-0.4, -0.2) is 61.1 Å². The number of ether oxygens (including phenoxy) is 1. The molecule has 0 heterocycles. The van der Waals surface area contributed by atoms with Crippen molar-refractivity contribution >= 4 is 40.9 Å².